The van der Waals surface area contributed by atoms with Crippen LogP contribution in [0, 0.1) is 11.7 Å². The number of nitrogens with one attached hydrogen (secondary N) is 2. The summed E-state index contributed by atoms with van der Waals surface area (Å²) in [6.07, 6.45) is 0.424. The lowest BCUT2D eigenvalue weighted by Gasteiger charge is -2.17. The van der Waals surface area contributed by atoms with Gasteiger partial charge in [0.25, 0.3) is 0 Å². The molecule has 6 heteroatoms. The summed E-state index contributed by atoms with van der Waals surface area (Å²) >= 11 is 0. The fourth-order valence-corrected chi connectivity index (χ4v) is 2.86. The van der Waals surface area contributed by atoms with E-state index >= 15 is 0 Å². The predicted molar refractivity (Wildman–Crippen MR) is 93.5 cm³/mol. The van der Waals surface area contributed by atoms with Gasteiger partial charge in [-0.1, -0.05) is 30.3 Å². The van der Waals surface area contributed by atoms with Crippen LogP contribution >= 0.6 is 0 Å². The van der Waals surface area contributed by atoms with Crippen molar-refractivity contribution in [3.05, 3.63) is 66.0 Å². The van der Waals surface area contributed by atoms with Crippen molar-refractivity contribution in [2.24, 2.45) is 5.92 Å². The van der Waals surface area contributed by atoms with Crippen LogP contribution in [-0.2, 0) is 11.3 Å². The van der Waals surface area contributed by atoms with E-state index in [0.717, 1.165) is 11.3 Å². The molecule has 0 bridgehead atoms. The van der Waals surface area contributed by atoms with Crippen molar-refractivity contribution in [1.82, 2.24) is 10.6 Å². The molecule has 0 aromatic heterocycles. The quantitative estimate of drug-likeness (QED) is 0.878. The van der Waals surface area contributed by atoms with Gasteiger partial charge in [0.2, 0.25) is 5.91 Å². The van der Waals surface area contributed by atoms with Crippen molar-refractivity contribution in [2.45, 2.75) is 13.0 Å². The first-order chi connectivity index (χ1) is 12.1. The van der Waals surface area contributed by atoms with Crippen molar-refractivity contribution >= 4 is 17.6 Å². The monoisotopic (exact) mass is 341 g/mol. The average molecular weight is 341 g/mol. The van der Waals surface area contributed by atoms with E-state index in [1.54, 1.807) is 17.0 Å². The van der Waals surface area contributed by atoms with Gasteiger partial charge in [-0.2, -0.15) is 0 Å². The Morgan fingerprint density at radius 3 is 2.52 bits per heavy atom. The van der Waals surface area contributed by atoms with Gasteiger partial charge in [-0.25, -0.2) is 9.18 Å². The number of halogens is 1. The molecule has 25 heavy (non-hydrogen) atoms. The van der Waals surface area contributed by atoms with Crippen LogP contribution in [0.3, 0.4) is 0 Å². The van der Waals surface area contributed by atoms with Gasteiger partial charge >= 0.3 is 6.03 Å². The zero-order valence-corrected chi connectivity index (χ0v) is 13.7. The highest BCUT2D eigenvalue weighted by atomic mass is 19.1. The number of carbonyl (C=O) groups excluding carboxylic acids is 2. The summed E-state index contributed by atoms with van der Waals surface area (Å²) in [7, 11) is 0. The maximum Gasteiger partial charge on any atom is 0.315 e. The van der Waals surface area contributed by atoms with Crippen LogP contribution in [-0.4, -0.2) is 25.0 Å². The number of hydrogen-bond donors (Lipinski definition) is 2. The van der Waals surface area contributed by atoms with Gasteiger partial charge in [0.1, 0.15) is 5.82 Å². The molecule has 0 spiro atoms. The number of nitrogens with zero attached hydrogens (tertiary/aromatic N) is 1. The molecule has 2 aromatic carbocycles. The second-order valence-electron chi connectivity index (χ2n) is 6.10. The van der Waals surface area contributed by atoms with Crippen molar-refractivity contribution < 1.29 is 14.0 Å². The number of rotatable bonds is 5. The molecule has 2 aromatic rings. The van der Waals surface area contributed by atoms with Crippen molar-refractivity contribution in [3.8, 4) is 0 Å². The van der Waals surface area contributed by atoms with Gasteiger partial charge in [-0.05, 0) is 29.8 Å². The molecule has 130 valence electrons. The number of amides is 3. The standard InChI is InChI=1S/C19H20FN3O2/c20-16-8-6-14(7-9-16)11-21-19(25)22-12-15-10-18(24)23(13-15)17-4-2-1-3-5-17/h1-9,15H,10-13H2,(H2,21,22,25)/t15-/m1/s1. The van der Waals surface area contributed by atoms with E-state index in [2.05, 4.69) is 10.6 Å². The summed E-state index contributed by atoms with van der Waals surface area (Å²) in [6.45, 7) is 1.36. The number of carbonyl (C=O) groups is 2. The van der Waals surface area contributed by atoms with E-state index < -0.39 is 0 Å². The van der Waals surface area contributed by atoms with Crippen molar-refractivity contribution in [2.75, 3.05) is 18.0 Å². The molecular weight excluding hydrogens is 321 g/mol. The van der Waals surface area contributed by atoms with Crippen LogP contribution in [0.1, 0.15) is 12.0 Å². The molecule has 2 N–H and O–H groups in total. The largest absolute Gasteiger partial charge is 0.338 e. The zero-order valence-electron chi connectivity index (χ0n) is 13.7. The Labute approximate surface area is 145 Å². The predicted octanol–water partition coefficient (Wildman–Crippen LogP) is 2.68. The van der Waals surface area contributed by atoms with Crippen LogP contribution in [0.2, 0.25) is 0 Å². The second kappa shape index (κ2) is 7.79. The molecule has 3 amide bonds. The molecule has 1 heterocycles. The lowest BCUT2D eigenvalue weighted by atomic mass is 10.1. The summed E-state index contributed by atoms with van der Waals surface area (Å²) in [5.74, 6) is -0.143. The maximum atomic E-state index is 12.8. The molecule has 1 atom stereocenters. The lowest BCUT2D eigenvalue weighted by Crippen LogP contribution is -2.38. The number of para-hydroxylation sites is 1. The Balaban J connectivity index is 1.43. The molecule has 0 aliphatic carbocycles. The molecular formula is C19H20FN3O2. The van der Waals surface area contributed by atoms with Gasteiger partial charge in [0, 0.05) is 37.7 Å². The number of benzene rings is 2. The van der Waals surface area contributed by atoms with Gasteiger partial charge in [-0.3, -0.25) is 4.79 Å². The fourth-order valence-electron chi connectivity index (χ4n) is 2.86. The molecule has 0 radical (unpaired) electrons. The Morgan fingerprint density at radius 1 is 1.08 bits per heavy atom. The first-order valence-corrected chi connectivity index (χ1v) is 8.23. The Kier molecular flexibility index (Phi) is 5.28. The fraction of sp³-hybridized carbons (Fsp3) is 0.263. The summed E-state index contributed by atoms with van der Waals surface area (Å²) < 4.78 is 12.8. The average Bonchev–Trinajstić information content (AvgIpc) is 3.01. The molecule has 1 fully saturated rings. The van der Waals surface area contributed by atoms with Crippen LogP contribution < -0.4 is 15.5 Å². The lowest BCUT2D eigenvalue weighted by molar-refractivity contribution is -0.117. The van der Waals surface area contributed by atoms with Gasteiger partial charge < -0.3 is 15.5 Å². The highest BCUT2D eigenvalue weighted by molar-refractivity contribution is 5.95. The van der Waals surface area contributed by atoms with Crippen LogP contribution in [0.5, 0.6) is 0 Å². The van der Waals surface area contributed by atoms with Crippen molar-refractivity contribution in [3.63, 3.8) is 0 Å². The van der Waals surface area contributed by atoms with Gasteiger partial charge in [-0.15, -0.1) is 0 Å². The summed E-state index contributed by atoms with van der Waals surface area (Å²) in [4.78, 5) is 25.8. The molecule has 1 aliphatic heterocycles. The van der Waals surface area contributed by atoms with Gasteiger partial charge in [0.15, 0.2) is 0 Å². The molecule has 1 saturated heterocycles. The minimum absolute atomic E-state index is 0.0738. The number of hydrogen-bond acceptors (Lipinski definition) is 2. The second-order valence-corrected chi connectivity index (χ2v) is 6.10. The van der Waals surface area contributed by atoms with E-state index in [0.29, 0.717) is 26.1 Å². The van der Waals surface area contributed by atoms with Gasteiger partial charge in [0.05, 0.1) is 0 Å². The minimum atomic E-state index is -0.304. The normalized spacial score (nSPS) is 16.8. The molecule has 3 rings (SSSR count). The highest BCUT2D eigenvalue weighted by Crippen LogP contribution is 2.24. The first-order valence-electron chi connectivity index (χ1n) is 8.23. The third kappa shape index (κ3) is 4.56. The maximum absolute atomic E-state index is 12.8. The third-order valence-electron chi connectivity index (χ3n) is 4.19. The number of anilines is 1. The van der Waals surface area contributed by atoms with E-state index in [-0.39, 0.29) is 23.7 Å². The van der Waals surface area contributed by atoms with Crippen LogP contribution in [0.15, 0.2) is 54.6 Å². The Bertz CT molecular complexity index is 734. The smallest absolute Gasteiger partial charge is 0.315 e. The third-order valence-corrected chi connectivity index (χ3v) is 4.19. The Hall–Kier alpha value is -2.89. The molecule has 5 nitrogen and oxygen atoms in total. The molecule has 0 saturated carbocycles. The first kappa shape index (κ1) is 17.0. The topological polar surface area (TPSA) is 61.4 Å². The van der Waals surface area contributed by atoms with E-state index in [1.165, 1.54) is 12.1 Å². The molecule has 1 aliphatic rings. The highest BCUT2D eigenvalue weighted by Gasteiger charge is 2.30. The number of urea groups is 1. The summed E-state index contributed by atoms with van der Waals surface area (Å²) in [5.41, 5.74) is 1.71. The Morgan fingerprint density at radius 2 is 1.80 bits per heavy atom. The summed E-state index contributed by atoms with van der Waals surface area (Å²) in [5, 5.41) is 5.52. The minimum Gasteiger partial charge on any atom is -0.338 e. The van der Waals surface area contributed by atoms with E-state index in [4.69, 9.17) is 0 Å². The molecule has 0 unspecified atom stereocenters. The van der Waals surface area contributed by atoms with Crippen LogP contribution in [0.25, 0.3) is 0 Å². The summed E-state index contributed by atoms with van der Waals surface area (Å²) in [6, 6.07) is 15.2. The van der Waals surface area contributed by atoms with E-state index in [1.807, 2.05) is 30.3 Å². The SMILES string of the molecule is O=C(NCc1ccc(F)cc1)NC[C@H]1CC(=O)N(c2ccccc2)C1. The van der Waals surface area contributed by atoms with E-state index in [9.17, 15) is 14.0 Å². The zero-order chi connectivity index (χ0) is 17.6. The van der Waals surface area contributed by atoms with Crippen molar-refractivity contribution in [1.29, 1.82) is 0 Å². The van der Waals surface area contributed by atoms with Crippen LogP contribution in [0.4, 0.5) is 14.9 Å².